The summed E-state index contributed by atoms with van der Waals surface area (Å²) >= 11 is 0. The van der Waals surface area contributed by atoms with Crippen LogP contribution in [0, 0.1) is 0 Å². The molecule has 2 unspecified atom stereocenters. The summed E-state index contributed by atoms with van der Waals surface area (Å²) in [5, 5.41) is 3.60. The number of pyridine rings is 1. The summed E-state index contributed by atoms with van der Waals surface area (Å²) in [5.74, 6) is -0.329. The van der Waals surface area contributed by atoms with Gasteiger partial charge >= 0.3 is 0 Å². The number of nitrogens with one attached hydrogen (secondary N) is 1. The van der Waals surface area contributed by atoms with E-state index in [-0.39, 0.29) is 29.6 Å². The molecule has 0 bridgehead atoms. The number of carbonyl (C=O) groups is 2. The number of rotatable bonds is 4. The molecule has 2 amide bonds. The van der Waals surface area contributed by atoms with E-state index in [1.54, 1.807) is 19.2 Å². The van der Waals surface area contributed by atoms with Crippen LogP contribution in [0.15, 0.2) is 59.4 Å². The fourth-order valence-corrected chi connectivity index (χ4v) is 4.17. The summed E-state index contributed by atoms with van der Waals surface area (Å²) in [6, 6.07) is 15.9. The minimum Gasteiger partial charge on any atom is -0.372 e. The van der Waals surface area contributed by atoms with Crippen LogP contribution in [0.3, 0.4) is 0 Å². The summed E-state index contributed by atoms with van der Waals surface area (Å²) < 4.78 is 7.22. The lowest BCUT2D eigenvalue weighted by molar-refractivity contribution is -0.0586. The van der Waals surface area contributed by atoms with Crippen molar-refractivity contribution in [3.8, 4) is 0 Å². The molecule has 1 aromatic heterocycles. The molecule has 4 rings (SSSR count). The van der Waals surface area contributed by atoms with Crippen LogP contribution >= 0.6 is 0 Å². The molecule has 7 nitrogen and oxygen atoms in total. The molecule has 2 aromatic carbocycles. The van der Waals surface area contributed by atoms with Gasteiger partial charge in [-0.05, 0) is 37.6 Å². The number of aromatic nitrogens is 1. The van der Waals surface area contributed by atoms with E-state index in [1.165, 1.54) is 10.6 Å². The Kier molecular flexibility index (Phi) is 6.10. The standard InChI is InChI=1S/C25H27N3O4/c1-16-14-28(15-17(2)32-16)25(31)19-10-8-18(9-11-19)13-26-24(30)21-12-23(29)27(3)22-7-5-4-6-20(21)22/h4-12,16-17H,13-15H2,1-3H3,(H,26,30). The van der Waals surface area contributed by atoms with Crippen LogP contribution in [0.5, 0.6) is 0 Å². The van der Waals surface area contributed by atoms with Crippen molar-refractivity contribution in [3.63, 3.8) is 0 Å². The zero-order valence-electron chi connectivity index (χ0n) is 18.5. The van der Waals surface area contributed by atoms with Gasteiger partial charge in [0.05, 0.1) is 23.3 Å². The second-order valence-corrected chi connectivity index (χ2v) is 8.32. The third-order valence-corrected chi connectivity index (χ3v) is 5.76. The monoisotopic (exact) mass is 433 g/mol. The van der Waals surface area contributed by atoms with Gasteiger partial charge in [0, 0.05) is 43.7 Å². The number of nitrogens with zero attached hydrogens (tertiary/aromatic N) is 2. The molecule has 1 aliphatic rings. The molecule has 1 saturated heterocycles. The predicted octanol–water partition coefficient (Wildman–Crippen LogP) is 2.72. The number of amides is 2. The van der Waals surface area contributed by atoms with Gasteiger partial charge in [0.2, 0.25) is 0 Å². The van der Waals surface area contributed by atoms with Crippen molar-refractivity contribution in [1.82, 2.24) is 14.8 Å². The molecule has 0 aliphatic carbocycles. The van der Waals surface area contributed by atoms with Gasteiger partial charge in [0.15, 0.2) is 0 Å². The van der Waals surface area contributed by atoms with Crippen molar-refractivity contribution < 1.29 is 14.3 Å². The maximum atomic E-state index is 12.8. The van der Waals surface area contributed by atoms with Gasteiger partial charge in [0.25, 0.3) is 17.4 Å². The average molecular weight is 434 g/mol. The fraction of sp³-hybridized carbons (Fsp3) is 0.320. The lowest BCUT2D eigenvalue weighted by Crippen LogP contribution is -2.48. The van der Waals surface area contributed by atoms with Crippen LogP contribution in [-0.2, 0) is 18.3 Å². The van der Waals surface area contributed by atoms with Gasteiger partial charge in [0.1, 0.15) is 0 Å². The van der Waals surface area contributed by atoms with Crippen molar-refractivity contribution >= 4 is 22.7 Å². The molecule has 7 heteroatoms. The van der Waals surface area contributed by atoms with Crippen molar-refractivity contribution in [2.45, 2.75) is 32.6 Å². The Labute approximate surface area is 186 Å². The molecule has 166 valence electrons. The average Bonchev–Trinajstić information content (AvgIpc) is 2.79. The molecule has 0 spiro atoms. The number of fused-ring (bicyclic) bond motifs is 1. The van der Waals surface area contributed by atoms with Crippen LogP contribution in [0.4, 0.5) is 0 Å². The second kappa shape index (κ2) is 8.96. The van der Waals surface area contributed by atoms with E-state index in [4.69, 9.17) is 4.74 Å². The van der Waals surface area contributed by atoms with E-state index in [0.717, 1.165) is 10.9 Å². The fourth-order valence-electron chi connectivity index (χ4n) is 4.17. The molecule has 2 heterocycles. The van der Waals surface area contributed by atoms with E-state index in [0.29, 0.717) is 36.3 Å². The van der Waals surface area contributed by atoms with Gasteiger partial charge in [-0.25, -0.2) is 0 Å². The van der Waals surface area contributed by atoms with Crippen molar-refractivity contribution in [1.29, 1.82) is 0 Å². The molecule has 2 atom stereocenters. The zero-order valence-corrected chi connectivity index (χ0v) is 18.5. The first-order valence-corrected chi connectivity index (χ1v) is 10.7. The smallest absolute Gasteiger partial charge is 0.254 e. The normalized spacial score (nSPS) is 18.5. The third-order valence-electron chi connectivity index (χ3n) is 5.76. The van der Waals surface area contributed by atoms with E-state index in [9.17, 15) is 14.4 Å². The Balaban J connectivity index is 1.44. The Morgan fingerprint density at radius 1 is 1.03 bits per heavy atom. The largest absolute Gasteiger partial charge is 0.372 e. The predicted molar refractivity (Wildman–Crippen MR) is 123 cm³/mol. The summed E-state index contributed by atoms with van der Waals surface area (Å²) in [6.45, 7) is 5.38. The molecule has 1 N–H and O–H groups in total. The van der Waals surface area contributed by atoms with Gasteiger partial charge in [-0.15, -0.1) is 0 Å². The summed E-state index contributed by atoms with van der Waals surface area (Å²) in [4.78, 5) is 39.7. The molecule has 1 fully saturated rings. The lowest BCUT2D eigenvalue weighted by atomic mass is 10.1. The quantitative estimate of drug-likeness (QED) is 0.686. The number of morpholine rings is 1. The third kappa shape index (κ3) is 4.43. The maximum Gasteiger partial charge on any atom is 0.254 e. The number of ether oxygens (including phenoxy) is 1. The first-order chi connectivity index (χ1) is 15.3. The first kappa shape index (κ1) is 21.8. The molecule has 3 aromatic rings. The number of hydrogen-bond donors (Lipinski definition) is 1. The lowest BCUT2D eigenvalue weighted by Gasteiger charge is -2.35. The Hall–Kier alpha value is -3.45. The van der Waals surface area contributed by atoms with Gasteiger partial charge in [-0.3, -0.25) is 14.4 Å². The number of aryl methyl sites for hydroxylation is 1. The van der Waals surface area contributed by atoms with E-state index in [2.05, 4.69) is 5.32 Å². The van der Waals surface area contributed by atoms with Crippen LogP contribution in [-0.4, -0.2) is 46.6 Å². The summed E-state index contributed by atoms with van der Waals surface area (Å²) in [6.07, 6.45) is 0.0335. The molecule has 32 heavy (non-hydrogen) atoms. The minimum absolute atomic E-state index is 0.0167. The van der Waals surface area contributed by atoms with Gasteiger partial charge < -0.3 is 19.5 Å². The number of benzene rings is 2. The molecular weight excluding hydrogens is 406 g/mol. The van der Waals surface area contributed by atoms with E-state index < -0.39 is 0 Å². The molecule has 0 saturated carbocycles. The highest BCUT2D eigenvalue weighted by atomic mass is 16.5. The van der Waals surface area contributed by atoms with E-state index >= 15 is 0 Å². The zero-order chi connectivity index (χ0) is 22.8. The summed E-state index contributed by atoms with van der Waals surface area (Å²) in [5.41, 5.74) is 2.31. The number of carbonyl (C=O) groups excluding carboxylic acids is 2. The molecule has 1 aliphatic heterocycles. The SMILES string of the molecule is CC1CN(C(=O)c2ccc(CNC(=O)c3cc(=O)n(C)c4ccccc34)cc2)CC(C)O1. The van der Waals surface area contributed by atoms with Gasteiger partial charge in [-0.1, -0.05) is 30.3 Å². The van der Waals surface area contributed by atoms with E-state index in [1.807, 2.05) is 55.1 Å². The maximum absolute atomic E-state index is 12.8. The number of para-hydroxylation sites is 1. The van der Waals surface area contributed by atoms with Crippen molar-refractivity contribution in [2.75, 3.05) is 13.1 Å². The van der Waals surface area contributed by atoms with Crippen LogP contribution < -0.4 is 10.9 Å². The van der Waals surface area contributed by atoms with Crippen molar-refractivity contribution in [2.24, 2.45) is 7.05 Å². The number of hydrogen-bond acceptors (Lipinski definition) is 4. The first-order valence-electron chi connectivity index (χ1n) is 10.7. The highest BCUT2D eigenvalue weighted by molar-refractivity contribution is 6.06. The Morgan fingerprint density at radius 2 is 1.69 bits per heavy atom. The minimum atomic E-state index is -0.310. The second-order valence-electron chi connectivity index (χ2n) is 8.32. The topological polar surface area (TPSA) is 80.6 Å². The van der Waals surface area contributed by atoms with Gasteiger partial charge in [-0.2, -0.15) is 0 Å². The molecule has 0 radical (unpaired) electrons. The Bertz CT molecular complexity index is 1210. The molecular formula is C25H27N3O4. The van der Waals surface area contributed by atoms with Crippen LogP contribution in [0.25, 0.3) is 10.9 Å². The summed E-state index contributed by atoms with van der Waals surface area (Å²) in [7, 11) is 1.69. The van der Waals surface area contributed by atoms with Crippen LogP contribution in [0.1, 0.15) is 40.1 Å². The highest BCUT2D eigenvalue weighted by Gasteiger charge is 2.26. The van der Waals surface area contributed by atoms with Crippen molar-refractivity contribution in [3.05, 3.63) is 81.6 Å². The highest BCUT2D eigenvalue weighted by Crippen LogP contribution is 2.17. The van der Waals surface area contributed by atoms with Crippen LogP contribution in [0.2, 0.25) is 0 Å². The Morgan fingerprint density at radius 3 is 2.38 bits per heavy atom.